The van der Waals surface area contributed by atoms with E-state index in [2.05, 4.69) is 33.9 Å². The number of carbonyl (C=O) groups excluding carboxylic acids is 4. The molecule has 1 aliphatic rings. The first kappa shape index (κ1) is 26.9. The molecule has 1 fully saturated rings. The van der Waals surface area contributed by atoms with Crippen molar-refractivity contribution in [2.75, 3.05) is 12.3 Å². The number of aliphatic carboxylic acids is 1. The molecule has 0 aliphatic carbocycles. The molecule has 4 unspecified atom stereocenters. The van der Waals surface area contributed by atoms with Crippen LogP contribution < -0.4 is 27.0 Å². The topological polar surface area (TPSA) is 200 Å². The van der Waals surface area contributed by atoms with Gasteiger partial charge in [0.15, 0.2) is 0 Å². The molecule has 13 heteroatoms. The minimum absolute atomic E-state index is 0.000408. The Morgan fingerprint density at radius 3 is 2.18 bits per heavy atom. The normalized spacial score (nSPS) is 17.7. The minimum Gasteiger partial charge on any atom is -0.508 e. The molecule has 34 heavy (non-hydrogen) atoms. The lowest BCUT2D eigenvalue weighted by Gasteiger charge is -2.24. The average Bonchev–Trinajstić information content (AvgIpc) is 3.32. The first-order valence-electron chi connectivity index (χ1n) is 10.6. The summed E-state index contributed by atoms with van der Waals surface area (Å²) in [5, 5.41) is 28.9. The number of rotatable bonds is 12. The van der Waals surface area contributed by atoms with Crippen LogP contribution in [0.4, 0.5) is 0 Å². The molecule has 4 amide bonds. The Bertz CT molecular complexity index is 905. The van der Waals surface area contributed by atoms with Crippen molar-refractivity contribution in [2.24, 2.45) is 5.73 Å². The molecule has 0 spiro atoms. The average molecular weight is 496 g/mol. The van der Waals surface area contributed by atoms with Gasteiger partial charge < -0.3 is 37.2 Å². The second-order valence-electron chi connectivity index (χ2n) is 7.89. The van der Waals surface area contributed by atoms with Gasteiger partial charge in [-0.15, -0.1) is 0 Å². The van der Waals surface area contributed by atoms with Crippen molar-refractivity contribution in [2.45, 2.75) is 49.9 Å². The Morgan fingerprint density at radius 1 is 1.03 bits per heavy atom. The van der Waals surface area contributed by atoms with Gasteiger partial charge in [-0.25, -0.2) is 4.79 Å². The smallest absolute Gasteiger partial charge is 0.327 e. The van der Waals surface area contributed by atoms with Gasteiger partial charge in [0, 0.05) is 12.2 Å². The summed E-state index contributed by atoms with van der Waals surface area (Å²) in [4.78, 5) is 61.1. The van der Waals surface area contributed by atoms with Gasteiger partial charge in [-0.2, -0.15) is 12.6 Å². The number of phenols is 1. The summed E-state index contributed by atoms with van der Waals surface area (Å²) in [6, 6.07) is 1.45. The van der Waals surface area contributed by atoms with Gasteiger partial charge in [-0.05, 0) is 37.1 Å². The molecule has 1 aromatic rings. The van der Waals surface area contributed by atoms with Gasteiger partial charge in [-0.1, -0.05) is 12.1 Å². The largest absolute Gasteiger partial charge is 0.508 e. The van der Waals surface area contributed by atoms with E-state index in [9.17, 15) is 34.2 Å². The molecule has 1 heterocycles. The molecule has 12 nitrogen and oxygen atoms in total. The van der Waals surface area contributed by atoms with E-state index in [1.54, 1.807) is 0 Å². The van der Waals surface area contributed by atoms with Gasteiger partial charge in [0.2, 0.25) is 23.6 Å². The predicted octanol–water partition coefficient (Wildman–Crippen LogP) is -1.97. The molecule has 0 bridgehead atoms. The third kappa shape index (κ3) is 8.23. The van der Waals surface area contributed by atoms with E-state index in [4.69, 9.17) is 5.73 Å². The zero-order valence-corrected chi connectivity index (χ0v) is 19.2. The van der Waals surface area contributed by atoms with Crippen molar-refractivity contribution in [3.8, 4) is 5.75 Å². The van der Waals surface area contributed by atoms with E-state index in [0.29, 0.717) is 18.5 Å². The number of carboxylic acid groups (broad SMARTS) is 1. The monoisotopic (exact) mass is 495 g/mol. The minimum atomic E-state index is -1.33. The molecule has 0 saturated carbocycles. The number of hydrogen-bond acceptors (Lipinski definition) is 8. The molecule has 2 rings (SSSR count). The number of aromatic hydroxyl groups is 1. The second kappa shape index (κ2) is 12.8. The quantitative estimate of drug-likeness (QED) is 0.153. The van der Waals surface area contributed by atoms with Crippen LogP contribution in [-0.2, 0) is 30.4 Å². The molecule has 1 aromatic carbocycles. The van der Waals surface area contributed by atoms with Crippen molar-refractivity contribution in [1.29, 1.82) is 0 Å². The summed E-state index contributed by atoms with van der Waals surface area (Å²) >= 11 is 3.91. The Kier molecular flexibility index (Phi) is 10.1. The van der Waals surface area contributed by atoms with Crippen LogP contribution in [0, 0.1) is 0 Å². The van der Waals surface area contributed by atoms with Crippen LogP contribution in [0.25, 0.3) is 0 Å². The van der Waals surface area contributed by atoms with E-state index in [1.165, 1.54) is 24.3 Å². The number of nitrogens with one attached hydrogen (secondary N) is 4. The SMILES string of the molecule is NC(=O)CC(NC(=O)C1CCCN1)C(=O)NC(Cc1ccc(O)cc1)C(=O)NC(CS)C(=O)O. The number of benzene rings is 1. The predicted molar refractivity (Wildman–Crippen MR) is 124 cm³/mol. The van der Waals surface area contributed by atoms with Crippen LogP contribution in [-0.4, -0.2) is 76.3 Å². The van der Waals surface area contributed by atoms with E-state index >= 15 is 0 Å². The van der Waals surface area contributed by atoms with Crippen LogP contribution in [0.15, 0.2) is 24.3 Å². The summed E-state index contributed by atoms with van der Waals surface area (Å²) < 4.78 is 0. The zero-order chi connectivity index (χ0) is 25.3. The summed E-state index contributed by atoms with van der Waals surface area (Å²) in [5.41, 5.74) is 5.80. The molecule has 4 atom stereocenters. The highest BCUT2D eigenvalue weighted by Crippen LogP contribution is 2.12. The first-order valence-corrected chi connectivity index (χ1v) is 11.3. The highest BCUT2D eigenvalue weighted by atomic mass is 32.1. The number of hydrogen-bond donors (Lipinski definition) is 8. The molecule has 0 radical (unpaired) electrons. The van der Waals surface area contributed by atoms with Crippen LogP contribution in [0.2, 0.25) is 0 Å². The lowest BCUT2D eigenvalue weighted by Crippen LogP contribution is -2.58. The van der Waals surface area contributed by atoms with Crippen LogP contribution in [0.3, 0.4) is 0 Å². The molecule has 8 N–H and O–H groups in total. The number of nitrogens with two attached hydrogens (primary N) is 1. The van der Waals surface area contributed by atoms with Crippen LogP contribution >= 0.6 is 12.6 Å². The van der Waals surface area contributed by atoms with Gasteiger partial charge in [-0.3, -0.25) is 19.2 Å². The summed E-state index contributed by atoms with van der Waals surface area (Å²) in [6.07, 6.45) is 0.808. The highest BCUT2D eigenvalue weighted by molar-refractivity contribution is 7.80. The fourth-order valence-corrected chi connectivity index (χ4v) is 3.65. The van der Waals surface area contributed by atoms with Gasteiger partial charge in [0.25, 0.3) is 0 Å². The third-order valence-electron chi connectivity index (χ3n) is 5.22. The Morgan fingerprint density at radius 2 is 1.65 bits per heavy atom. The van der Waals surface area contributed by atoms with Gasteiger partial charge in [0.1, 0.15) is 23.9 Å². The van der Waals surface area contributed by atoms with Crippen molar-refractivity contribution in [3.63, 3.8) is 0 Å². The van der Waals surface area contributed by atoms with Crippen LogP contribution in [0.5, 0.6) is 5.75 Å². The molecule has 186 valence electrons. The summed E-state index contributed by atoms with van der Waals surface area (Å²) in [5.74, 6) is -4.43. The number of amides is 4. The Labute approximate surface area is 201 Å². The summed E-state index contributed by atoms with van der Waals surface area (Å²) in [6.45, 7) is 0.648. The number of carbonyl (C=O) groups is 5. The second-order valence-corrected chi connectivity index (χ2v) is 8.26. The number of primary amides is 1. The third-order valence-corrected chi connectivity index (χ3v) is 5.59. The lowest BCUT2D eigenvalue weighted by molar-refractivity contribution is -0.141. The van der Waals surface area contributed by atoms with Gasteiger partial charge in [0.05, 0.1) is 12.5 Å². The zero-order valence-electron chi connectivity index (χ0n) is 18.3. The Hall–Kier alpha value is -3.32. The maximum absolute atomic E-state index is 13.0. The molecular weight excluding hydrogens is 466 g/mol. The number of phenolic OH excluding ortho intramolecular Hbond substituents is 1. The lowest BCUT2D eigenvalue weighted by atomic mass is 10.0. The van der Waals surface area contributed by atoms with Crippen LogP contribution in [0.1, 0.15) is 24.8 Å². The van der Waals surface area contributed by atoms with Crippen molar-refractivity contribution in [3.05, 3.63) is 29.8 Å². The Balaban J connectivity index is 2.20. The molecule has 1 aliphatic heterocycles. The number of thiol groups is 1. The number of carboxylic acids is 1. The standard InChI is InChI=1S/C21H29N5O7S/c22-17(28)9-15(25-18(29)13-2-1-7-23-13)20(31)24-14(8-11-3-5-12(27)6-4-11)19(30)26-16(10-34)21(32)33/h3-6,13-16,23,27,34H,1-2,7-10H2,(H2,22,28)(H,24,31)(H,25,29)(H,26,30)(H,32,33). The fraction of sp³-hybridized carbons (Fsp3) is 0.476. The van der Waals surface area contributed by atoms with E-state index in [1.807, 2.05) is 0 Å². The van der Waals surface area contributed by atoms with Gasteiger partial charge >= 0.3 is 5.97 Å². The van der Waals surface area contributed by atoms with E-state index in [-0.39, 0.29) is 17.9 Å². The van der Waals surface area contributed by atoms with Crippen molar-refractivity contribution in [1.82, 2.24) is 21.3 Å². The van der Waals surface area contributed by atoms with Crippen molar-refractivity contribution < 1.29 is 34.2 Å². The fourth-order valence-electron chi connectivity index (χ4n) is 3.40. The van der Waals surface area contributed by atoms with E-state index in [0.717, 1.165) is 6.42 Å². The maximum atomic E-state index is 13.0. The van der Waals surface area contributed by atoms with E-state index < -0.39 is 60.2 Å². The molecule has 0 aromatic heterocycles. The highest BCUT2D eigenvalue weighted by Gasteiger charge is 2.32. The first-order chi connectivity index (χ1) is 16.1. The molecular formula is C21H29N5O7S. The summed E-state index contributed by atoms with van der Waals surface area (Å²) in [7, 11) is 0. The molecule has 1 saturated heterocycles. The maximum Gasteiger partial charge on any atom is 0.327 e. The van der Waals surface area contributed by atoms with Crippen molar-refractivity contribution >= 4 is 42.2 Å².